The van der Waals surface area contributed by atoms with Gasteiger partial charge in [0.1, 0.15) is 6.54 Å². The monoisotopic (exact) mass is 518 g/mol. The molecule has 0 heterocycles. The molecule has 29 heavy (non-hydrogen) atoms. The van der Waals surface area contributed by atoms with Crippen molar-refractivity contribution in [3.05, 3.63) is 35.9 Å². The predicted molar refractivity (Wildman–Crippen MR) is 130 cm³/mol. The van der Waals surface area contributed by atoms with Crippen LogP contribution in [0.15, 0.2) is 35.3 Å². The number of nitrogens with one attached hydrogen (secondary N) is 2. The second-order valence-electron chi connectivity index (χ2n) is 6.71. The number of rotatable bonds is 11. The normalized spacial score (nSPS) is 10.6. The van der Waals surface area contributed by atoms with Crippen LogP contribution in [0.2, 0.25) is 0 Å². The first-order valence-corrected chi connectivity index (χ1v) is 9.53. The number of hydrogen-bond acceptors (Lipinski definition) is 4. The van der Waals surface area contributed by atoms with E-state index in [0.29, 0.717) is 19.1 Å². The van der Waals surface area contributed by atoms with E-state index in [1.165, 1.54) is 10.5 Å². The van der Waals surface area contributed by atoms with Crippen LogP contribution < -0.4 is 20.1 Å². The van der Waals surface area contributed by atoms with Crippen LogP contribution >= 0.6 is 24.0 Å². The van der Waals surface area contributed by atoms with Gasteiger partial charge in [0.2, 0.25) is 5.91 Å². The van der Waals surface area contributed by atoms with Crippen molar-refractivity contribution < 1.29 is 14.3 Å². The van der Waals surface area contributed by atoms with E-state index < -0.39 is 0 Å². The number of guanidine groups is 1. The number of aliphatic imine (C=N–C) groups is 1. The van der Waals surface area contributed by atoms with Crippen LogP contribution in [0.5, 0.6) is 11.5 Å². The van der Waals surface area contributed by atoms with E-state index in [9.17, 15) is 4.79 Å². The lowest BCUT2D eigenvalue weighted by molar-refractivity contribution is -0.127. The van der Waals surface area contributed by atoms with Crippen molar-refractivity contribution >= 4 is 35.8 Å². The second kappa shape index (κ2) is 14.9. The Morgan fingerprint density at radius 2 is 1.97 bits per heavy atom. The summed E-state index contributed by atoms with van der Waals surface area (Å²) >= 11 is 0. The van der Waals surface area contributed by atoms with Gasteiger partial charge in [0.05, 0.1) is 13.7 Å². The first-order valence-electron chi connectivity index (χ1n) is 9.53. The largest absolute Gasteiger partial charge is 0.493 e. The van der Waals surface area contributed by atoms with Gasteiger partial charge in [-0.2, -0.15) is 0 Å². The number of benzene rings is 1. The van der Waals surface area contributed by atoms with E-state index >= 15 is 0 Å². The molecule has 0 saturated heterocycles. The maximum Gasteiger partial charge on any atom is 0.243 e. The number of likely N-dealkylation sites (N-methyl/N-ethyl adjacent to an activating group) is 1. The topological polar surface area (TPSA) is 75.2 Å². The molecule has 1 amide bonds. The van der Waals surface area contributed by atoms with Crippen LogP contribution in [-0.4, -0.2) is 64.2 Å². The minimum Gasteiger partial charge on any atom is -0.493 e. The highest BCUT2D eigenvalue weighted by Crippen LogP contribution is 2.28. The van der Waals surface area contributed by atoms with Crippen molar-refractivity contribution in [3.8, 4) is 11.5 Å². The average Bonchev–Trinajstić information content (AvgIpc) is 2.66. The Morgan fingerprint density at radius 1 is 1.24 bits per heavy atom. The molecular weight excluding hydrogens is 483 g/mol. The number of carbonyl (C=O) groups excluding carboxylic acids is 1. The predicted octanol–water partition coefficient (Wildman–Crippen LogP) is 2.84. The molecule has 1 aromatic rings. The molecule has 0 unspecified atom stereocenters. The Bertz CT molecular complexity index is 678. The molecule has 0 bridgehead atoms. The zero-order chi connectivity index (χ0) is 20.9. The van der Waals surface area contributed by atoms with Crippen LogP contribution in [0.3, 0.4) is 0 Å². The number of aryl methyl sites for hydroxylation is 1. The van der Waals surface area contributed by atoms with Crippen LogP contribution in [0.25, 0.3) is 0 Å². The second-order valence-corrected chi connectivity index (χ2v) is 6.71. The highest BCUT2D eigenvalue weighted by Gasteiger charge is 2.07. The minimum absolute atomic E-state index is 0. The molecular formula is C21H35IN4O3. The van der Waals surface area contributed by atoms with E-state index in [-0.39, 0.29) is 36.4 Å². The Balaban J connectivity index is 0.00000784. The van der Waals surface area contributed by atoms with Crippen molar-refractivity contribution in [2.24, 2.45) is 4.99 Å². The SMILES string of the molecule is C=C(C)CNC(=NCC(=O)N(C)C)NCCCc1ccc(OC)c(OCC)c1.I. The first-order chi connectivity index (χ1) is 13.4. The maximum atomic E-state index is 11.8. The minimum atomic E-state index is -0.0434. The van der Waals surface area contributed by atoms with Crippen molar-refractivity contribution in [2.45, 2.75) is 26.7 Å². The lowest BCUT2D eigenvalue weighted by Gasteiger charge is -2.14. The van der Waals surface area contributed by atoms with Gasteiger partial charge in [-0.25, -0.2) is 4.99 Å². The van der Waals surface area contributed by atoms with Crippen LogP contribution in [0.4, 0.5) is 0 Å². The average molecular weight is 518 g/mol. The summed E-state index contributed by atoms with van der Waals surface area (Å²) in [6.45, 7) is 9.82. The maximum absolute atomic E-state index is 11.8. The molecule has 0 radical (unpaired) electrons. The van der Waals surface area contributed by atoms with E-state index in [1.807, 2.05) is 32.0 Å². The smallest absolute Gasteiger partial charge is 0.243 e. The van der Waals surface area contributed by atoms with Gasteiger partial charge in [0.15, 0.2) is 17.5 Å². The molecule has 0 spiro atoms. The summed E-state index contributed by atoms with van der Waals surface area (Å²) in [5.41, 5.74) is 2.18. The van der Waals surface area contributed by atoms with Gasteiger partial charge in [-0.15, -0.1) is 24.0 Å². The van der Waals surface area contributed by atoms with Gasteiger partial charge in [0.25, 0.3) is 0 Å². The number of hydrogen-bond donors (Lipinski definition) is 2. The summed E-state index contributed by atoms with van der Waals surface area (Å²) < 4.78 is 10.9. The Hall–Kier alpha value is -1.97. The molecule has 0 aliphatic carbocycles. The van der Waals surface area contributed by atoms with E-state index in [1.54, 1.807) is 21.2 Å². The van der Waals surface area contributed by atoms with Gasteiger partial charge >= 0.3 is 0 Å². The molecule has 7 nitrogen and oxygen atoms in total. The summed E-state index contributed by atoms with van der Waals surface area (Å²) in [6.07, 6.45) is 1.80. The third kappa shape index (κ3) is 11.0. The number of amides is 1. The molecule has 0 aromatic heterocycles. The number of halogens is 1. The van der Waals surface area contributed by atoms with Crippen molar-refractivity contribution in [1.29, 1.82) is 0 Å². The fourth-order valence-electron chi connectivity index (χ4n) is 2.34. The molecule has 164 valence electrons. The number of ether oxygens (including phenoxy) is 2. The van der Waals surface area contributed by atoms with E-state index in [4.69, 9.17) is 9.47 Å². The quantitative estimate of drug-likeness (QED) is 0.155. The summed E-state index contributed by atoms with van der Waals surface area (Å²) in [5, 5.41) is 6.46. The lowest BCUT2D eigenvalue weighted by Crippen LogP contribution is -2.39. The highest BCUT2D eigenvalue weighted by atomic mass is 127. The molecule has 0 saturated carbocycles. The molecule has 8 heteroatoms. The highest BCUT2D eigenvalue weighted by molar-refractivity contribution is 14.0. The number of nitrogens with zero attached hydrogens (tertiary/aromatic N) is 2. The zero-order valence-electron chi connectivity index (χ0n) is 18.2. The third-order valence-electron chi connectivity index (χ3n) is 3.89. The number of methoxy groups -OCH3 is 1. The first kappa shape index (κ1) is 27.0. The van der Waals surface area contributed by atoms with E-state index in [2.05, 4.69) is 22.2 Å². The summed E-state index contributed by atoms with van der Waals surface area (Å²) in [6, 6.07) is 6.00. The van der Waals surface area contributed by atoms with Crippen molar-refractivity contribution in [2.75, 3.05) is 47.4 Å². The molecule has 0 fully saturated rings. The Labute approximate surface area is 192 Å². The number of carbonyl (C=O) groups is 1. The Kier molecular flexibility index (Phi) is 13.9. The van der Waals surface area contributed by atoms with Gasteiger partial charge in [-0.3, -0.25) is 4.79 Å². The summed E-state index contributed by atoms with van der Waals surface area (Å²) in [7, 11) is 5.08. The zero-order valence-corrected chi connectivity index (χ0v) is 20.5. The molecule has 2 N–H and O–H groups in total. The summed E-state index contributed by atoms with van der Waals surface area (Å²) in [4.78, 5) is 17.6. The van der Waals surface area contributed by atoms with Crippen LogP contribution in [-0.2, 0) is 11.2 Å². The van der Waals surface area contributed by atoms with Gasteiger partial charge in [-0.1, -0.05) is 18.2 Å². The van der Waals surface area contributed by atoms with Crippen LogP contribution in [0.1, 0.15) is 25.8 Å². The van der Waals surface area contributed by atoms with Crippen LogP contribution in [0, 0.1) is 0 Å². The molecule has 0 aliphatic heterocycles. The molecule has 0 aliphatic rings. The standard InChI is InChI=1S/C21H34N4O3.HI/c1-7-28-19-13-17(10-11-18(19)27-6)9-8-12-22-21(23-14-16(2)3)24-15-20(26)25(4)5;/h10-11,13H,2,7-9,12,14-15H2,1,3-6H3,(H2,22,23,24);1H. The van der Waals surface area contributed by atoms with Crippen molar-refractivity contribution in [3.63, 3.8) is 0 Å². The van der Waals surface area contributed by atoms with Crippen molar-refractivity contribution in [1.82, 2.24) is 15.5 Å². The van der Waals surface area contributed by atoms with Gasteiger partial charge in [0, 0.05) is 27.2 Å². The van der Waals surface area contributed by atoms with Gasteiger partial charge in [-0.05, 0) is 44.4 Å². The summed E-state index contributed by atoms with van der Waals surface area (Å²) in [5.74, 6) is 2.08. The third-order valence-corrected chi connectivity index (χ3v) is 3.89. The Morgan fingerprint density at radius 3 is 2.55 bits per heavy atom. The fourth-order valence-corrected chi connectivity index (χ4v) is 2.34. The van der Waals surface area contributed by atoms with Gasteiger partial charge < -0.3 is 25.0 Å². The molecule has 1 aromatic carbocycles. The van der Waals surface area contributed by atoms with E-state index in [0.717, 1.165) is 36.5 Å². The molecule has 0 atom stereocenters. The molecule has 1 rings (SSSR count). The fraction of sp³-hybridized carbons (Fsp3) is 0.524. The lowest BCUT2D eigenvalue weighted by atomic mass is 10.1.